The first-order valence-electron chi connectivity index (χ1n) is 3.59. The number of ether oxygens (including phenoxy) is 1. The van der Waals surface area contributed by atoms with Crippen molar-refractivity contribution in [2.45, 2.75) is 30.7 Å². The Morgan fingerprint density at radius 3 is 2.36 bits per heavy atom. The second-order valence-electron chi connectivity index (χ2n) is 2.76. The van der Waals surface area contributed by atoms with Crippen LogP contribution in [-0.4, -0.2) is 16.4 Å². The lowest BCUT2D eigenvalue weighted by molar-refractivity contribution is -0.142. The van der Waals surface area contributed by atoms with Gasteiger partial charge >= 0.3 is 5.97 Å². The van der Waals surface area contributed by atoms with Crippen molar-refractivity contribution in [2.75, 3.05) is 0 Å². The SMILES string of the molecule is CC[C@H]1OC(=O)C(Cl)(Cl)[C@@H]1C. The van der Waals surface area contributed by atoms with Crippen LogP contribution in [0.4, 0.5) is 0 Å². The Labute approximate surface area is 75.8 Å². The number of halogens is 2. The molecule has 0 aromatic carbocycles. The molecular formula is C7H10Cl2O2. The van der Waals surface area contributed by atoms with Crippen LogP contribution in [0.2, 0.25) is 0 Å². The molecule has 1 aliphatic heterocycles. The second-order valence-corrected chi connectivity index (χ2v) is 4.15. The summed E-state index contributed by atoms with van der Waals surface area (Å²) in [5.41, 5.74) is 0. The zero-order chi connectivity index (χ0) is 8.65. The molecule has 11 heavy (non-hydrogen) atoms. The lowest BCUT2D eigenvalue weighted by atomic mass is 10.0. The van der Waals surface area contributed by atoms with Crippen LogP contribution in [0.25, 0.3) is 0 Å². The summed E-state index contributed by atoms with van der Waals surface area (Å²) in [7, 11) is 0. The van der Waals surface area contributed by atoms with Gasteiger partial charge in [0.25, 0.3) is 0 Å². The third-order valence-corrected chi connectivity index (χ3v) is 3.06. The minimum absolute atomic E-state index is 0.122. The van der Waals surface area contributed by atoms with Gasteiger partial charge in [-0.1, -0.05) is 37.0 Å². The molecule has 0 unspecified atom stereocenters. The number of rotatable bonds is 1. The number of esters is 1. The van der Waals surface area contributed by atoms with Gasteiger partial charge in [0.2, 0.25) is 4.33 Å². The molecule has 0 spiro atoms. The minimum atomic E-state index is -1.33. The molecule has 0 bridgehead atoms. The predicted molar refractivity (Wildman–Crippen MR) is 43.8 cm³/mol. The number of hydrogen-bond donors (Lipinski definition) is 0. The number of alkyl halides is 2. The van der Waals surface area contributed by atoms with E-state index in [2.05, 4.69) is 0 Å². The molecule has 1 heterocycles. The van der Waals surface area contributed by atoms with E-state index in [9.17, 15) is 4.79 Å². The standard InChI is InChI=1S/C7H10Cl2O2/c1-3-5-4(2)7(8,9)6(10)11-5/h4-5H,3H2,1-2H3/t4-,5-/m1/s1. The van der Waals surface area contributed by atoms with Crippen LogP contribution < -0.4 is 0 Å². The molecule has 0 N–H and O–H groups in total. The van der Waals surface area contributed by atoms with Crippen molar-refractivity contribution in [3.05, 3.63) is 0 Å². The number of cyclic esters (lactones) is 1. The summed E-state index contributed by atoms with van der Waals surface area (Å²) >= 11 is 11.5. The van der Waals surface area contributed by atoms with Crippen molar-refractivity contribution >= 4 is 29.2 Å². The first-order chi connectivity index (χ1) is 5.00. The van der Waals surface area contributed by atoms with Gasteiger partial charge in [-0.15, -0.1) is 0 Å². The van der Waals surface area contributed by atoms with Crippen LogP contribution in [0.5, 0.6) is 0 Å². The third-order valence-electron chi connectivity index (χ3n) is 2.06. The quantitative estimate of drug-likeness (QED) is 0.475. The molecule has 2 atom stereocenters. The van der Waals surface area contributed by atoms with Crippen molar-refractivity contribution in [2.24, 2.45) is 5.92 Å². The lowest BCUT2D eigenvalue weighted by Gasteiger charge is -2.15. The summed E-state index contributed by atoms with van der Waals surface area (Å²) in [6.07, 6.45) is 0.631. The normalized spacial score (nSPS) is 35.5. The monoisotopic (exact) mass is 196 g/mol. The Kier molecular flexibility index (Phi) is 2.35. The third kappa shape index (κ3) is 1.34. The summed E-state index contributed by atoms with van der Waals surface area (Å²) in [5, 5.41) is 0. The first-order valence-corrected chi connectivity index (χ1v) is 4.34. The van der Waals surface area contributed by atoms with E-state index in [1.165, 1.54) is 0 Å². The highest BCUT2D eigenvalue weighted by molar-refractivity contribution is 6.58. The van der Waals surface area contributed by atoms with Crippen molar-refractivity contribution in [3.8, 4) is 0 Å². The van der Waals surface area contributed by atoms with E-state index in [0.29, 0.717) is 0 Å². The average Bonchev–Trinajstić information content (AvgIpc) is 2.14. The van der Waals surface area contributed by atoms with Gasteiger partial charge < -0.3 is 4.74 Å². The topological polar surface area (TPSA) is 26.3 Å². The number of carbonyl (C=O) groups is 1. The van der Waals surface area contributed by atoms with Gasteiger partial charge in [-0.3, -0.25) is 0 Å². The fraction of sp³-hybridized carbons (Fsp3) is 0.857. The van der Waals surface area contributed by atoms with Crippen LogP contribution >= 0.6 is 23.2 Å². The van der Waals surface area contributed by atoms with Gasteiger partial charge in [-0.05, 0) is 6.42 Å². The van der Waals surface area contributed by atoms with E-state index in [1.54, 1.807) is 0 Å². The maximum absolute atomic E-state index is 11.0. The Balaban J connectivity index is 2.80. The zero-order valence-electron chi connectivity index (χ0n) is 6.43. The van der Waals surface area contributed by atoms with Crippen LogP contribution in [-0.2, 0) is 9.53 Å². The Morgan fingerprint density at radius 1 is 1.64 bits per heavy atom. The maximum atomic E-state index is 11.0. The molecule has 4 heteroatoms. The molecular weight excluding hydrogens is 187 g/mol. The van der Waals surface area contributed by atoms with E-state index in [-0.39, 0.29) is 12.0 Å². The smallest absolute Gasteiger partial charge is 0.343 e. The molecule has 0 aromatic heterocycles. The molecule has 0 saturated carbocycles. The fourth-order valence-corrected chi connectivity index (χ4v) is 1.54. The summed E-state index contributed by atoms with van der Waals surface area (Å²) in [4.78, 5) is 11.0. The molecule has 0 radical (unpaired) electrons. The van der Waals surface area contributed by atoms with Crippen molar-refractivity contribution < 1.29 is 9.53 Å². The Morgan fingerprint density at radius 2 is 2.18 bits per heavy atom. The average molecular weight is 197 g/mol. The molecule has 1 rings (SSSR count). The number of hydrogen-bond acceptors (Lipinski definition) is 2. The van der Waals surface area contributed by atoms with E-state index in [0.717, 1.165) is 6.42 Å². The highest BCUT2D eigenvalue weighted by Crippen LogP contribution is 2.41. The van der Waals surface area contributed by atoms with E-state index >= 15 is 0 Å². The van der Waals surface area contributed by atoms with Gasteiger partial charge in [-0.2, -0.15) is 0 Å². The predicted octanol–water partition coefficient (Wildman–Crippen LogP) is 2.13. The summed E-state index contributed by atoms with van der Waals surface area (Å²) in [5.74, 6) is -0.636. The minimum Gasteiger partial charge on any atom is -0.460 e. The van der Waals surface area contributed by atoms with Gasteiger partial charge in [0.15, 0.2) is 0 Å². The van der Waals surface area contributed by atoms with Gasteiger partial charge in [0.05, 0.1) is 0 Å². The highest BCUT2D eigenvalue weighted by Gasteiger charge is 2.52. The molecule has 1 fully saturated rings. The molecule has 1 aliphatic rings. The molecule has 0 amide bonds. The summed E-state index contributed by atoms with van der Waals surface area (Å²) < 4.78 is 3.60. The zero-order valence-corrected chi connectivity index (χ0v) is 7.95. The fourth-order valence-electron chi connectivity index (χ4n) is 1.17. The van der Waals surface area contributed by atoms with Crippen LogP contribution in [0.15, 0.2) is 0 Å². The van der Waals surface area contributed by atoms with Crippen molar-refractivity contribution in [1.29, 1.82) is 0 Å². The Bertz CT molecular complexity index is 179. The van der Waals surface area contributed by atoms with Crippen LogP contribution in [0, 0.1) is 5.92 Å². The van der Waals surface area contributed by atoms with E-state index in [1.807, 2.05) is 13.8 Å². The van der Waals surface area contributed by atoms with Crippen molar-refractivity contribution in [3.63, 3.8) is 0 Å². The van der Waals surface area contributed by atoms with Crippen LogP contribution in [0.1, 0.15) is 20.3 Å². The summed E-state index contributed by atoms with van der Waals surface area (Å²) in [6, 6.07) is 0. The molecule has 0 aromatic rings. The maximum Gasteiger partial charge on any atom is 0.343 e. The lowest BCUT2D eigenvalue weighted by Crippen LogP contribution is -2.27. The molecule has 0 aliphatic carbocycles. The van der Waals surface area contributed by atoms with Gasteiger partial charge in [0.1, 0.15) is 6.10 Å². The Hall–Kier alpha value is 0.0500. The molecule has 1 saturated heterocycles. The van der Waals surface area contributed by atoms with Gasteiger partial charge in [-0.25, -0.2) is 4.79 Å². The largest absolute Gasteiger partial charge is 0.460 e. The van der Waals surface area contributed by atoms with E-state index < -0.39 is 10.3 Å². The van der Waals surface area contributed by atoms with Crippen LogP contribution in [0.3, 0.4) is 0 Å². The molecule has 64 valence electrons. The molecule has 2 nitrogen and oxygen atoms in total. The van der Waals surface area contributed by atoms with Crippen molar-refractivity contribution in [1.82, 2.24) is 0 Å². The van der Waals surface area contributed by atoms with Gasteiger partial charge in [0, 0.05) is 5.92 Å². The summed E-state index contributed by atoms with van der Waals surface area (Å²) in [6.45, 7) is 3.75. The first kappa shape index (κ1) is 9.14. The highest BCUT2D eigenvalue weighted by atomic mass is 35.5. The van der Waals surface area contributed by atoms with E-state index in [4.69, 9.17) is 27.9 Å². The second kappa shape index (κ2) is 2.83. The number of carbonyl (C=O) groups excluding carboxylic acids is 1.